The minimum Gasteiger partial charge on any atom is -0.480 e. The molecule has 37 heavy (non-hydrogen) atoms. The summed E-state index contributed by atoms with van der Waals surface area (Å²) in [5, 5.41) is 18.1. The zero-order chi connectivity index (χ0) is 27.5. The number of nitrogens with one attached hydrogen (secondary N) is 4. The van der Waals surface area contributed by atoms with Gasteiger partial charge in [0.25, 0.3) is 0 Å². The zero-order valence-electron chi connectivity index (χ0n) is 21.0. The van der Waals surface area contributed by atoms with E-state index in [1.54, 1.807) is 20.0 Å². The number of guanidine groups is 1. The van der Waals surface area contributed by atoms with Gasteiger partial charge in [0.2, 0.25) is 17.7 Å². The molecular weight excluding hydrogens is 480 g/mol. The van der Waals surface area contributed by atoms with Gasteiger partial charge in [0.1, 0.15) is 12.1 Å². The van der Waals surface area contributed by atoms with Crippen LogP contribution in [0.3, 0.4) is 0 Å². The lowest BCUT2D eigenvalue weighted by atomic mass is 10.0. The van der Waals surface area contributed by atoms with Gasteiger partial charge < -0.3 is 43.2 Å². The van der Waals surface area contributed by atoms with E-state index in [9.17, 15) is 24.3 Å². The maximum Gasteiger partial charge on any atom is 0.326 e. The van der Waals surface area contributed by atoms with E-state index in [4.69, 9.17) is 17.2 Å². The Kier molecular flexibility index (Phi) is 10.9. The number of aromatic nitrogens is 1. The lowest BCUT2D eigenvalue weighted by Gasteiger charge is -2.24. The second-order valence-corrected chi connectivity index (χ2v) is 9.03. The highest BCUT2D eigenvalue weighted by Gasteiger charge is 2.29. The molecule has 1 aromatic carbocycles. The van der Waals surface area contributed by atoms with Crippen LogP contribution in [-0.2, 0) is 25.6 Å². The number of nitrogens with zero attached hydrogens (tertiary/aromatic N) is 1. The van der Waals surface area contributed by atoms with Gasteiger partial charge in [0, 0.05) is 30.1 Å². The van der Waals surface area contributed by atoms with Crippen LogP contribution >= 0.6 is 0 Å². The quantitative estimate of drug-likeness (QED) is 0.0871. The number of para-hydroxylation sites is 1. The first-order valence-electron chi connectivity index (χ1n) is 12.0. The summed E-state index contributed by atoms with van der Waals surface area (Å²) in [6.07, 6.45) is 2.57. The molecule has 0 aliphatic carbocycles. The van der Waals surface area contributed by atoms with Gasteiger partial charge in [-0.25, -0.2) is 4.79 Å². The molecule has 13 heteroatoms. The minimum atomic E-state index is -1.21. The fourth-order valence-corrected chi connectivity index (χ4v) is 3.69. The number of hydrogen-bond acceptors (Lipinski definition) is 6. The molecule has 3 atom stereocenters. The lowest BCUT2D eigenvalue weighted by Crippen LogP contribution is -2.55. The predicted octanol–water partition coefficient (Wildman–Crippen LogP) is -1.08. The maximum absolute atomic E-state index is 12.9. The van der Waals surface area contributed by atoms with Crippen molar-refractivity contribution < 1.29 is 24.3 Å². The largest absolute Gasteiger partial charge is 0.480 e. The number of aromatic amines is 1. The molecule has 3 amide bonds. The van der Waals surface area contributed by atoms with Crippen LogP contribution in [0.25, 0.3) is 10.9 Å². The molecule has 0 aliphatic heterocycles. The van der Waals surface area contributed by atoms with Gasteiger partial charge in [-0.1, -0.05) is 32.0 Å². The van der Waals surface area contributed by atoms with Crippen LogP contribution in [0.1, 0.15) is 32.3 Å². The molecular formula is C24H36N8O5. The fourth-order valence-electron chi connectivity index (χ4n) is 3.69. The SMILES string of the molecule is CC(C)C(NC(=O)CNC(=O)C(N)CCCN=C(N)N)C(=O)NC(Cc1c[nH]c2ccccc12)C(=O)O. The Labute approximate surface area is 214 Å². The summed E-state index contributed by atoms with van der Waals surface area (Å²) in [5.74, 6) is -3.38. The van der Waals surface area contributed by atoms with Gasteiger partial charge in [-0.05, 0) is 30.4 Å². The van der Waals surface area contributed by atoms with Crippen molar-refractivity contribution in [2.24, 2.45) is 28.1 Å². The van der Waals surface area contributed by atoms with Gasteiger partial charge in [-0.15, -0.1) is 0 Å². The smallest absolute Gasteiger partial charge is 0.326 e. The number of benzene rings is 1. The van der Waals surface area contributed by atoms with Crippen molar-refractivity contribution in [3.8, 4) is 0 Å². The highest BCUT2D eigenvalue weighted by molar-refractivity contribution is 5.93. The fraction of sp³-hybridized carbons (Fsp3) is 0.458. The molecule has 3 unspecified atom stereocenters. The summed E-state index contributed by atoms with van der Waals surface area (Å²) in [7, 11) is 0. The maximum atomic E-state index is 12.9. The molecule has 0 aliphatic rings. The van der Waals surface area contributed by atoms with Gasteiger partial charge >= 0.3 is 5.97 Å². The topological polar surface area (TPSA) is 231 Å². The van der Waals surface area contributed by atoms with Crippen LogP contribution in [0.2, 0.25) is 0 Å². The average molecular weight is 517 g/mol. The number of amides is 3. The van der Waals surface area contributed by atoms with Crippen LogP contribution in [-0.4, -0.2) is 71.0 Å². The number of carboxylic acid groups (broad SMARTS) is 1. The molecule has 2 rings (SSSR count). The normalized spacial score (nSPS) is 13.4. The number of hydrogen-bond donors (Lipinski definition) is 8. The first-order chi connectivity index (χ1) is 17.5. The minimum absolute atomic E-state index is 0.0499. The number of H-pyrrole nitrogens is 1. The zero-order valence-corrected chi connectivity index (χ0v) is 21.0. The first kappa shape index (κ1) is 29.1. The molecule has 0 radical (unpaired) electrons. The van der Waals surface area contributed by atoms with Crippen LogP contribution in [0.5, 0.6) is 0 Å². The second kappa shape index (κ2) is 13.8. The average Bonchev–Trinajstić information content (AvgIpc) is 3.25. The molecule has 2 aromatic rings. The van der Waals surface area contributed by atoms with Crippen molar-refractivity contribution in [2.75, 3.05) is 13.1 Å². The van der Waals surface area contributed by atoms with E-state index in [1.165, 1.54) is 0 Å². The number of carboxylic acids is 1. The summed E-state index contributed by atoms with van der Waals surface area (Å²) >= 11 is 0. The number of carbonyl (C=O) groups excluding carboxylic acids is 3. The van der Waals surface area contributed by atoms with Crippen molar-refractivity contribution in [3.63, 3.8) is 0 Å². The monoisotopic (exact) mass is 516 g/mol. The van der Waals surface area contributed by atoms with Crippen LogP contribution in [0.15, 0.2) is 35.5 Å². The number of carbonyl (C=O) groups is 4. The second-order valence-electron chi connectivity index (χ2n) is 9.03. The van der Waals surface area contributed by atoms with Crippen molar-refractivity contribution >= 4 is 40.6 Å². The van der Waals surface area contributed by atoms with E-state index in [2.05, 4.69) is 25.9 Å². The molecule has 0 fully saturated rings. The Bertz CT molecular complexity index is 1130. The Morgan fingerprint density at radius 1 is 1.08 bits per heavy atom. The lowest BCUT2D eigenvalue weighted by molar-refractivity contribution is -0.142. The van der Waals surface area contributed by atoms with E-state index < -0.39 is 48.4 Å². The third-order valence-electron chi connectivity index (χ3n) is 5.71. The van der Waals surface area contributed by atoms with Gasteiger partial charge in [0.15, 0.2) is 5.96 Å². The number of nitrogens with two attached hydrogens (primary N) is 3. The van der Waals surface area contributed by atoms with Gasteiger partial charge in [-0.2, -0.15) is 0 Å². The highest BCUT2D eigenvalue weighted by Crippen LogP contribution is 2.19. The number of aliphatic imine (C=N–C) groups is 1. The molecule has 0 bridgehead atoms. The van der Waals surface area contributed by atoms with E-state index in [-0.39, 0.29) is 18.3 Å². The summed E-state index contributed by atoms with van der Waals surface area (Å²) in [6.45, 7) is 3.36. The van der Waals surface area contributed by atoms with E-state index >= 15 is 0 Å². The summed E-state index contributed by atoms with van der Waals surface area (Å²) in [5.41, 5.74) is 17.9. The third kappa shape index (κ3) is 9.11. The molecule has 11 N–H and O–H groups in total. The number of fused-ring (bicyclic) bond motifs is 1. The Morgan fingerprint density at radius 2 is 1.78 bits per heavy atom. The third-order valence-corrected chi connectivity index (χ3v) is 5.71. The molecule has 0 saturated heterocycles. The molecule has 1 aromatic heterocycles. The first-order valence-corrected chi connectivity index (χ1v) is 12.0. The molecule has 0 spiro atoms. The van der Waals surface area contributed by atoms with Crippen molar-refractivity contribution in [2.45, 2.75) is 51.2 Å². The number of rotatable bonds is 14. The Morgan fingerprint density at radius 3 is 2.43 bits per heavy atom. The summed E-state index contributed by atoms with van der Waals surface area (Å²) in [4.78, 5) is 56.3. The van der Waals surface area contributed by atoms with Crippen LogP contribution < -0.4 is 33.2 Å². The van der Waals surface area contributed by atoms with Crippen molar-refractivity contribution in [3.05, 3.63) is 36.0 Å². The molecule has 1 heterocycles. The highest BCUT2D eigenvalue weighted by atomic mass is 16.4. The van der Waals surface area contributed by atoms with E-state index in [0.717, 1.165) is 16.5 Å². The van der Waals surface area contributed by atoms with Crippen molar-refractivity contribution in [1.29, 1.82) is 0 Å². The number of aliphatic carboxylic acids is 1. The Hall–Kier alpha value is -4.13. The molecule has 202 valence electrons. The molecule has 13 nitrogen and oxygen atoms in total. The van der Waals surface area contributed by atoms with Gasteiger partial charge in [0.05, 0.1) is 12.6 Å². The van der Waals surface area contributed by atoms with E-state index in [1.807, 2.05) is 24.3 Å². The predicted molar refractivity (Wildman–Crippen MR) is 139 cm³/mol. The van der Waals surface area contributed by atoms with E-state index in [0.29, 0.717) is 19.4 Å². The summed E-state index contributed by atoms with van der Waals surface area (Å²) in [6, 6.07) is 4.37. The standard InChI is InChI=1S/C24H36N8O5/c1-13(2)20(32-19(33)12-30-21(34)16(25)7-5-9-28-24(26)27)22(35)31-18(23(36)37)10-14-11-29-17-8-4-3-6-15(14)17/h3-4,6,8,11,13,16,18,20,29H,5,7,9-10,12,25H2,1-2H3,(H,30,34)(H,31,35)(H,32,33)(H,36,37)(H4,26,27,28). The Balaban J connectivity index is 1.92. The van der Waals surface area contributed by atoms with Crippen LogP contribution in [0.4, 0.5) is 0 Å². The molecule has 0 saturated carbocycles. The van der Waals surface area contributed by atoms with Gasteiger partial charge in [-0.3, -0.25) is 19.4 Å². The van der Waals surface area contributed by atoms with Crippen LogP contribution in [0, 0.1) is 5.92 Å². The van der Waals surface area contributed by atoms with Crippen molar-refractivity contribution in [1.82, 2.24) is 20.9 Å². The summed E-state index contributed by atoms with van der Waals surface area (Å²) < 4.78 is 0.